The largest absolute Gasteiger partial charge is 0.466 e. The van der Waals surface area contributed by atoms with Crippen molar-refractivity contribution in [3.05, 3.63) is 35.6 Å². The predicted molar refractivity (Wildman–Crippen MR) is 56.5 cm³/mol. The van der Waals surface area contributed by atoms with E-state index in [2.05, 4.69) is 10.1 Å². The molecule has 1 aromatic heterocycles. The summed E-state index contributed by atoms with van der Waals surface area (Å²) in [5.41, 5.74) is 6.52. The van der Waals surface area contributed by atoms with E-state index in [0.717, 1.165) is 5.56 Å². The summed E-state index contributed by atoms with van der Waals surface area (Å²) in [6.45, 7) is 0.433. The molecule has 1 heterocycles. The fraction of sp³-hybridized carbons (Fsp3) is 0.200. The maximum absolute atomic E-state index is 12.7. The van der Waals surface area contributed by atoms with Crippen LogP contribution < -0.4 is 10.5 Å². The minimum Gasteiger partial charge on any atom is -0.466 e. The summed E-state index contributed by atoms with van der Waals surface area (Å²) in [7, 11) is 1.47. The van der Waals surface area contributed by atoms with E-state index in [4.69, 9.17) is 10.5 Å². The molecule has 6 heteroatoms. The number of nitrogens with two attached hydrogens (primary N) is 1. The molecule has 0 unspecified atom stereocenters. The van der Waals surface area contributed by atoms with E-state index in [1.165, 1.54) is 23.9 Å². The Labute approximate surface area is 91.7 Å². The van der Waals surface area contributed by atoms with Crippen LogP contribution in [0.5, 0.6) is 6.01 Å². The van der Waals surface area contributed by atoms with Crippen molar-refractivity contribution in [1.82, 2.24) is 14.8 Å². The van der Waals surface area contributed by atoms with E-state index >= 15 is 0 Å². The van der Waals surface area contributed by atoms with Gasteiger partial charge in [0, 0.05) is 0 Å². The van der Waals surface area contributed by atoms with Crippen molar-refractivity contribution in [3.63, 3.8) is 0 Å². The molecule has 2 rings (SSSR count). The molecule has 5 nitrogen and oxygen atoms in total. The van der Waals surface area contributed by atoms with Gasteiger partial charge in [0.1, 0.15) is 5.82 Å². The van der Waals surface area contributed by atoms with Gasteiger partial charge in [-0.1, -0.05) is 12.1 Å². The van der Waals surface area contributed by atoms with Crippen LogP contribution >= 0.6 is 0 Å². The van der Waals surface area contributed by atoms with Crippen molar-refractivity contribution in [2.24, 2.45) is 0 Å². The third-order valence-corrected chi connectivity index (χ3v) is 2.11. The van der Waals surface area contributed by atoms with E-state index in [-0.39, 0.29) is 17.8 Å². The van der Waals surface area contributed by atoms with E-state index in [1.54, 1.807) is 12.1 Å². The Morgan fingerprint density at radius 1 is 1.38 bits per heavy atom. The topological polar surface area (TPSA) is 66.0 Å². The van der Waals surface area contributed by atoms with Crippen molar-refractivity contribution in [2.75, 3.05) is 12.8 Å². The minimum absolute atomic E-state index is 0.222. The number of nitrogen functional groups attached to an aromatic ring is 1. The smallest absolute Gasteiger partial charge is 0.337 e. The normalized spacial score (nSPS) is 10.4. The summed E-state index contributed by atoms with van der Waals surface area (Å²) >= 11 is 0. The number of anilines is 1. The van der Waals surface area contributed by atoms with Crippen LogP contribution in [0.25, 0.3) is 0 Å². The van der Waals surface area contributed by atoms with E-state index in [9.17, 15) is 4.39 Å². The maximum atomic E-state index is 12.7. The molecule has 84 valence electrons. The third kappa shape index (κ3) is 2.10. The SMILES string of the molecule is COc1nc(N)n(Cc2ccc(F)cc2)n1. The van der Waals surface area contributed by atoms with E-state index < -0.39 is 0 Å². The van der Waals surface area contributed by atoms with Crippen molar-refractivity contribution >= 4 is 5.95 Å². The molecule has 0 saturated carbocycles. The van der Waals surface area contributed by atoms with Gasteiger partial charge in [0.15, 0.2) is 0 Å². The minimum atomic E-state index is -0.270. The number of ether oxygens (including phenoxy) is 1. The number of halogens is 1. The molecule has 0 radical (unpaired) electrons. The van der Waals surface area contributed by atoms with E-state index in [1.807, 2.05) is 0 Å². The molecule has 0 aliphatic rings. The predicted octanol–water partition coefficient (Wildman–Crippen LogP) is 1.06. The fourth-order valence-corrected chi connectivity index (χ4v) is 1.30. The Bertz CT molecular complexity index is 480. The molecule has 0 spiro atoms. The van der Waals surface area contributed by atoms with Crippen molar-refractivity contribution in [3.8, 4) is 6.01 Å². The van der Waals surface area contributed by atoms with Crippen molar-refractivity contribution < 1.29 is 9.13 Å². The van der Waals surface area contributed by atoms with Gasteiger partial charge in [-0.05, 0) is 17.7 Å². The number of hydrogen-bond acceptors (Lipinski definition) is 4. The summed E-state index contributed by atoms with van der Waals surface area (Å²) < 4.78 is 19.0. The first-order valence-corrected chi connectivity index (χ1v) is 4.68. The quantitative estimate of drug-likeness (QED) is 0.843. The molecule has 1 aromatic carbocycles. The summed E-state index contributed by atoms with van der Waals surface area (Å²) in [6.07, 6.45) is 0. The highest BCUT2D eigenvalue weighted by molar-refractivity contribution is 5.22. The Morgan fingerprint density at radius 3 is 2.62 bits per heavy atom. The maximum Gasteiger partial charge on any atom is 0.337 e. The van der Waals surface area contributed by atoms with Gasteiger partial charge in [-0.25, -0.2) is 9.07 Å². The Hall–Kier alpha value is -2.11. The average Bonchev–Trinajstić information content (AvgIpc) is 2.63. The molecule has 0 aliphatic carbocycles. The zero-order valence-electron chi connectivity index (χ0n) is 8.72. The van der Waals surface area contributed by atoms with Crippen LogP contribution in [-0.2, 0) is 6.54 Å². The number of benzene rings is 1. The average molecular weight is 222 g/mol. The first-order chi connectivity index (χ1) is 7.69. The van der Waals surface area contributed by atoms with Gasteiger partial charge in [0.2, 0.25) is 5.95 Å². The second-order valence-corrected chi connectivity index (χ2v) is 3.24. The summed E-state index contributed by atoms with van der Waals surface area (Å²) in [5.74, 6) is -0.00549. The van der Waals surface area contributed by atoms with Crippen LogP contribution in [-0.4, -0.2) is 21.9 Å². The zero-order chi connectivity index (χ0) is 11.5. The van der Waals surface area contributed by atoms with Crippen molar-refractivity contribution in [2.45, 2.75) is 6.54 Å². The molecule has 2 aromatic rings. The van der Waals surface area contributed by atoms with Crippen LogP contribution in [0.3, 0.4) is 0 Å². The lowest BCUT2D eigenvalue weighted by Gasteiger charge is -2.02. The highest BCUT2D eigenvalue weighted by Crippen LogP contribution is 2.10. The van der Waals surface area contributed by atoms with Gasteiger partial charge in [-0.2, -0.15) is 4.98 Å². The highest BCUT2D eigenvalue weighted by Gasteiger charge is 2.07. The zero-order valence-corrected chi connectivity index (χ0v) is 8.72. The van der Waals surface area contributed by atoms with Gasteiger partial charge in [-0.15, -0.1) is 5.10 Å². The second-order valence-electron chi connectivity index (χ2n) is 3.24. The Balaban J connectivity index is 2.19. The van der Waals surface area contributed by atoms with Crippen molar-refractivity contribution in [1.29, 1.82) is 0 Å². The van der Waals surface area contributed by atoms with Gasteiger partial charge >= 0.3 is 6.01 Å². The van der Waals surface area contributed by atoms with Gasteiger partial charge in [0.05, 0.1) is 13.7 Å². The number of nitrogens with zero attached hydrogens (tertiary/aromatic N) is 3. The van der Waals surface area contributed by atoms with E-state index in [0.29, 0.717) is 6.54 Å². The molecule has 0 aliphatic heterocycles. The number of methoxy groups -OCH3 is 1. The second kappa shape index (κ2) is 4.18. The first kappa shape index (κ1) is 10.4. The van der Waals surface area contributed by atoms with Gasteiger partial charge < -0.3 is 10.5 Å². The molecule has 0 fully saturated rings. The van der Waals surface area contributed by atoms with Crippen LogP contribution in [0.15, 0.2) is 24.3 Å². The molecule has 16 heavy (non-hydrogen) atoms. The van der Waals surface area contributed by atoms with Gasteiger partial charge in [0.25, 0.3) is 0 Å². The monoisotopic (exact) mass is 222 g/mol. The lowest BCUT2D eigenvalue weighted by molar-refractivity contribution is 0.377. The lowest BCUT2D eigenvalue weighted by Crippen LogP contribution is -2.06. The molecular weight excluding hydrogens is 211 g/mol. The van der Waals surface area contributed by atoms with Gasteiger partial charge in [-0.3, -0.25) is 0 Å². The standard InChI is InChI=1S/C10H11FN4O/c1-16-10-13-9(12)15(14-10)6-7-2-4-8(11)5-3-7/h2-5H,6H2,1H3,(H2,12,13,14). The highest BCUT2D eigenvalue weighted by atomic mass is 19.1. The third-order valence-electron chi connectivity index (χ3n) is 2.11. The first-order valence-electron chi connectivity index (χ1n) is 4.68. The number of hydrogen-bond donors (Lipinski definition) is 1. The molecule has 0 bridgehead atoms. The van der Waals surface area contributed by atoms with Crippen LogP contribution in [0, 0.1) is 5.82 Å². The molecule has 0 saturated heterocycles. The molecule has 0 atom stereocenters. The van der Waals surface area contributed by atoms with Crippen LogP contribution in [0.4, 0.5) is 10.3 Å². The number of aromatic nitrogens is 3. The summed E-state index contributed by atoms with van der Waals surface area (Å²) in [5, 5.41) is 4.01. The Kier molecular flexibility index (Phi) is 2.72. The number of rotatable bonds is 3. The van der Waals surface area contributed by atoms with Crippen LogP contribution in [0.2, 0.25) is 0 Å². The summed E-state index contributed by atoms with van der Waals surface area (Å²) in [6, 6.07) is 6.34. The molecule has 2 N–H and O–H groups in total. The molecule has 0 amide bonds. The Morgan fingerprint density at radius 2 is 2.06 bits per heavy atom. The summed E-state index contributed by atoms with van der Waals surface area (Å²) in [4.78, 5) is 3.88. The van der Waals surface area contributed by atoms with Crippen LogP contribution in [0.1, 0.15) is 5.56 Å². The lowest BCUT2D eigenvalue weighted by atomic mass is 10.2. The fourth-order valence-electron chi connectivity index (χ4n) is 1.30. The molecular formula is C10H11FN4O.